The number of rotatable bonds is 0. The van der Waals surface area contributed by atoms with Gasteiger partial charge in [0.15, 0.2) is 0 Å². The highest BCUT2D eigenvalue weighted by Gasteiger charge is 2.03. The van der Waals surface area contributed by atoms with Gasteiger partial charge in [-0.3, -0.25) is 0 Å². The summed E-state index contributed by atoms with van der Waals surface area (Å²) in [6, 6.07) is 17.1. The van der Waals surface area contributed by atoms with E-state index < -0.39 is 0 Å². The molecule has 0 unspecified atom stereocenters. The van der Waals surface area contributed by atoms with Gasteiger partial charge in [-0.05, 0) is 93.1 Å². The fourth-order valence-corrected chi connectivity index (χ4v) is 3.35. The van der Waals surface area contributed by atoms with Gasteiger partial charge in [-0.2, -0.15) is 0 Å². The van der Waals surface area contributed by atoms with Crippen molar-refractivity contribution in [3.05, 3.63) is 66.8 Å². The molecule has 0 heterocycles. The molecule has 0 aliphatic rings. The molecule has 2 heteroatoms. The van der Waals surface area contributed by atoms with Crippen LogP contribution in [-0.4, -0.2) is 0 Å². The van der Waals surface area contributed by atoms with Crippen LogP contribution in [0.5, 0.6) is 0 Å². The van der Waals surface area contributed by atoms with Gasteiger partial charge in [0.05, 0.1) is 0 Å². The van der Waals surface area contributed by atoms with Gasteiger partial charge in [0, 0.05) is 7.14 Å². The molecule has 0 saturated carbocycles. The lowest BCUT2D eigenvalue weighted by Crippen LogP contribution is -1.85. The number of hydrogen-bond acceptors (Lipinski definition) is 0. The third-order valence-electron chi connectivity index (χ3n) is 2.98. The van der Waals surface area contributed by atoms with Crippen molar-refractivity contribution in [3.8, 4) is 0 Å². The highest BCUT2D eigenvalue weighted by molar-refractivity contribution is 14.1. The third-order valence-corrected chi connectivity index (χ3v) is 5.05. The topological polar surface area (TPSA) is 0 Å². The Labute approximate surface area is 135 Å². The molecule has 0 fully saturated rings. The second-order valence-electron chi connectivity index (χ2n) is 4.23. The second-order valence-corrected chi connectivity index (χ2v) is 6.55. The van der Waals surface area contributed by atoms with E-state index in [1.165, 1.54) is 29.0 Å². The molecule has 0 aliphatic heterocycles. The monoisotopic (exact) mass is 460 g/mol. The summed E-state index contributed by atoms with van der Waals surface area (Å²) in [5, 5.41) is 2.68. The number of hydrogen-bond donors (Lipinski definition) is 0. The Balaban J connectivity index is 3.09. The highest BCUT2D eigenvalue weighted by atomic mass is 127. The molecule has 0 N–H and O–H groups in total. The van der Waals surface area contributed by atoms with Gasteiger partial charge in [0.25, 0.3) is 0 Å². The van der Waals surface area contributed by atoms with Crippen molar-refractivity contribution < 1.29 is 0 Å². The first kappa shape index (κ1) is 14.1. The van der Waals surface area contributed by atoms with E-state index >= 15 is 0 Å². The minimum Gasteiger partial charge on any atom is -0.0622 e. The van der Waals surface area contributed by atoms with Gasteiger partial charge in [-0.25, -0.2) is 0 Å². The van der Waals surface area contributed by atoms with Gasteiger partial charge >= 0.3 is 0 Å². The van der Waals surface area contributed by atoms with E-state index in [9.17, 15) is 0 Å². The molecule has 18 heavy (non-hydrogen) atoms. The van der Waals surface area contributed by atoms with Crippen LogP contribution < -0.4 is 0 Å². The van der Waals surface area contributed by atoms with Crippen LogP contribution in [0.2, 0.25) is 0 Å². The van der Waals surface area contributed by atoms with Crippen molar-refractivity contribution in [2.45, 2.75) is 13.8 Å². The molecule has 2 aromatic carbocycles. The molecule has 0 amide bonds. The third kappa shape index (κ3) is 2.96. The number of aryl methyl sites for hydroxylation is 2. The molecule has 0 nitrogen and oxygen atoms in total. The van der Waals surface area contributed by atoms with Crippen LogP contribution in [0.3, 0.4) is 0 Å². The molecule has 2 rings (SSSR count). The Hall–Kier alpha value is -0.360. The largest absolute Gasteiger partial charge is 0.0622 e. The number of fused-ring (bicyclic) bond motifs is 1. The van der Waals surface area contributed by atoms with E-state index in [2.05, 4.69) is 108 Å². The smallest absolute Gasteiger partial charge is 0.0211 e. The maximum atomic E-state index is 2.42. The Bertz CT molecular complexity index is 644. The molecule has 92 valence electrons. The average molecular weight is 460 g/mol. The number of halogens is 2. The Morgan fingerprint density at radius 2 is 1.39 bits per heavy atom. The van der Waals surface area contributed by atoms with Crippen LogP contribution in [0.25, 0.3) is 10.8 Å². The lowest BCUT2D eigenvalue weighted by atomic mass is 10.0. The van der Waals surface area contributed by atoms with Crippen LogP contribution in [0.4, 0.5) is 0 Å². The molecule has 0 atom stereocenters. The molecule has 0 bridgehead atoms. The number of benzene rings is 1. The van der Waals surface area contributed by atoms with Crippen LogP contribution >= 0.6 is 45.2 Å². The fraction of sp³-hybridized carbons (Fsp3) is 0.125. The fourth-order valence-electron chi connectivity index (χ4n) is 1.97. The molecule has 0 radical (unpaired) electrons. The average Bonchev–Trinajstić information content (AvgIpc) is 2.36. The molecule has 0 aliphatic carbocycles. The lowest BCUT2D eigenvalue weighted by Gasteiger charge is -2.05. The van der Waals surface area contributed by atoms with Gasteiger partial charge in [0.1, 0.15) is 0 Å². The van der Waals surface area contributed by atoms with E-state index in [-0.39, 0.29) is 0 Å². The first-order valence-corrected chi connectivity index (χ1v) is 7.94. The maximum absolute atomic E-state index is 2.42. The van der Waals surface area contributed by atoms with E-state index in [1.54, 1.807) is 0 Å². The van der Waals surface area contributed by atoms with Gasteiger partial charge in [-0.15, -0.1) is 0 Å². The van der Waals surface area contributed by atoms with E-state index in [0.717, 1.165) is 0 Å². The van der Waals surface area contributed by atoms with Crippen molar-refractivity contribution in [1.82, 2.24) is 0 Å². The molecular weight excluding hydrogens is 446 g/mol. The maximum Gasteiger partial charge on any atom is 0.0211 e. The summed E-state index contributed by atoms with van der Waals surface area (Å²) in [4.78, 5) is 0. The van der Waals surface area contributed by atoms with Crippen molar-refractivity contribution in [2.75, 3.05) is 0 Å². The Morgan fingerprint density at radius 3 is 2.17 bits per heavy atom. The minimum atomic E-state index is 1.29. The quantitative estimate of drug-likeness (QED) is 0.437. The minimum absolute atomic E-state index is 1.29. The normalized spacial score (nSPS) is 10.2. The standard InChI is InChI=1S/C16H14I2/c1-11-7-4-3-5-9-14(17)12(2)16-13(11)8-6-10-15(16)18/h3-10H,1-2H3. The van der Waals surface area contributed by atoms with E-state index in [4.69, 9.17) is 0 Å². The summed E-state index contributed by atoms with van der Waals surface area (Å²) in [7, 11) is 0. The highest BCUT2D eigenvalue weighted by Crippen LogP contribution is 2.26. The van der Waals surface area contributed by atoms with Gasteiger partial charge in [-0.1, -0.05) is 36.4 Å². The molecule has 0 spiro atoms. The first-order valence-electron chi connectivity index (χ1n) is 5.78. The van der Waals surface area contributed by atoms with Crippen LogP contribution in [0.15, 0.2) is 48.5 Å². The van der Waals surface area contributed by atoms with Crippen molar-refractivity contribution in [3.63, 3.8) is 0 Å². The molecule has 0 aromatic heterocycles. The van der Waals surface area contributed by atoms with Crippen LogP contribution in [0, 0.1) is 21.0 Å². The molecular formula is C16H14I2. The van der Waals surface area contributed by atoms with Crippen LogP contribution in [0.1, 0.15) is 11.1 Å². The SMILES string of the molecule is Cc1cccccc(I)c(C)c2c(I)cccc12. The second kappa shape index (κ2) is 6.19. The Morgan fingerprint density at radius 1 is 0.722 bits per heavy atom. The summed E-state index contributed by atoms with van der Waals surface area (Å²) in [5.74, 6) is 0. The van der Waals surface area contributed by atoms with E-state index in [0.29, 0.717) is 0 Å². The first-order chi connectivity index (χ1) is 8.61. The van der Waals surface area contributed by atoms with Crippen molar-refractivity contribution in [1.29, 1.82) is 0 Å². The van der Waals surface area contributed by atoms with Crippen molar-refractivity contribution in [2.24, 2.45) is 0 Å². The lowest BCUT2D eigenvalue weighted by molar-refractivity contribution is 1.46. The summed E-state index contributed by atoms with van der Waals surface area (Å²) in [5.41, 5.74) is 2.65. The summed E-state index contributed by atoms with van der Waals surface area (Å²) in [6.45, 7) is 4.37. The van der Waals surface area contributed by atoms with Gasteiger partial charge < -0.3 is 0 Å². The zero-order valence-electron chi connectivity index (χ0n) is 10.4. The summed E-state index contributed by atoms with van der Waals surface area (Å²) < 4.78 is 2.60. The summed E-state index contributed by atoms with van der Waals surface area (Å²) in [6.07, 6.45) is 0. The molecule has 2 aromatic rings. The van der Waals surface area contributed by atoms with E-state index in [1.807, 2.05) is 0 Å². The predicted molar refractivity (Wildman–Crippen MR) is 96.5 cm³/mol. The molecule has 0 saturated heterocycles. The zero-order valence-corrected chi connectivity index (χ0v) is 14.7. The van der Waals surface area contributed by atoms with Crippen LogP contribution in [-0.2, 0) is 0 Å². The zero-order chi connectivity index (χ0) is 13.1. The van der Waals surface area contributed by atoms with Gasteiger partial charge in [0.2, 0.25) is 0 Å². The summed E-state index contributed by atoms with van der Waals surface area (Å²) >= 11 is 4.84. The Kier molecular flexibility index (Phi) is 4.84. The van der Waals surface area contributed by atoms with Crippen molar-refractivity contribution >= 4 is 56.0 Å². The predicted octanol–water partition coefficient (Wildman–Crippen LogP) is 5.79.